The van der Waals surface area contributed by atoms with Crippen LogP contribution >= 0.6 is 24.0 Å². The summed E-state index contributed by atoms with van der Waals surface area (Å²) in [6.45, 7) is 6.47. The number of rotatable bonds is 8. The first kappa shape index (κ1) is 22.9. The Balaban J connectivity index is 0.00000484. The zero-order valence-electron chi connectivity index (χ0n) is 14.6. The van der Waals surface area contributed by atoms with Crippen molar-refractivity contribution in [2.75, 3.05) is 46.1 Å². The Kier molecular flexibility index (Phi) is 10.6. The molecule has 23 heavy (non-hydrogen) atoms. The van der Waals surface area contributed by atoms with Crippen LogP contribution in [0.2, 0.25) is 0 Å². The lowest BCUT2D eigenvalue weighted by Crippen LogP contribution is -2.46. The van der Waals surface area contributed by atoms with Gasteiger partial charge in [-0.15, -0.1) is 24.0 Å². The van der Waals surface area contributed by atoms with Crippen LogP contribution in [0.1, 0.15) is 33.1 Å². The summed E-state index contributed by atoms with van der Waals surface area (Å²) in [5.74, 6) is 0.858. The molecule has 0 amide bonds. The fourth-order valence-corrected chi connectivity index (χ4v) is 3.18. The summed E-state index contributed by atoms with van der Waals surface area (Å²) < 4.78 is 30.4. The number of nitrogens with one attached hydrogen (secondary N) is 2. The zero-order valence-corrected chi connectivity index (χ0v) is 17.7. The average Bonchev–Trinajstić information content (AvgIpc) is 2.93. The second-order valence-corrected chi connectivity index (χ2v) is 8.19. The Bertz CT molecular complexity index is 465. The van der Waals surface area contributed by atoms with Gasteiger partial charge in [0.25, 0.3) is 0 Å². The van der Waals surface area contributed by atoms with E-state index in [2.05, 4.69) is 22.5 Å². The van der Waals surface area contributed by atoms with Crippen LogP contribution in [0.3, 0.4) is 0 Å². The Morgan fingerprint density at radius 1 is 1.39 bits per heavy atom. The third kappa shape index (κ3) is 7.99. The van der Waals surface area contributed by atoms with Gasteiger partial charge in [0.1, 0.15) is 0 Å². The largest absolute Gasteiger partial charge is 0.373 e. The molecule has 0 aromatic heterocycles. The van der Waals surface area contributed by atoms with Crippen LogP contribution in [-0.2, 0) is 14.8 Å². The molecule has 1 fully saturated rings. The number of nitrogens with zero attached hydrogens (tertiary/aromatic N) is 2. The molecule has 0 spiro atoms. The molecule has 0 aliphatic carbocycles. The minimum Gasteiger partial charge on any atom is -0.373 e. The van der Waals surface area contributed by atoms with Crippen molar-refractivity contribution >= 4 is 40.0 Å². The molecular weight excluding hydrogens is 431 g/mol. The van der Waals surface area contributed by atoms with E-state index in [9.17, 15) is 8.42 Å². The summed E-state index contributed by atoms with van der Waals surface area (Å²) in [6.07, 6.45) is 2.88. The van der Waals surface area contributed by atoms with Gasteiger partial charge in [-0.3, -0.25) is 4.99 Å². The lowest BCUT2D eigenvalue weighted by molar-refractivity contribution is 0.0243. The van der Waals surface area contributed by atoms with Crippen molar-refractivity contribution in [1.29, 1.82) is 0 Å². The van der Waals surface area contributed by atoms with Gasteiger partial charge in [0.05, 0.1) is 11.4 Å². The van der Waals surface area contributed by atoms with Crippen LogP contribution in [0.5, 0.6) is 0 Å². The standard InChI is InChI=1S/C14H30N4O3S.HI/c1-5-22(19,20)18(4)10-7-9-16-13(15-3)17-12-14(2)8-6-11-21-14;/h5-12H2,1-4H3,(H2,15,16,17);1H. The van der Waals surface area contributed by atoms with Crippen molar-refractivity contribution in [3.05, 3.63) is 0 Å². The van der Waals surface area contributed by atoms with E-state index in [1.165, 1.54) is 4.31 Å². The minimum atomic E-state index is -3.09. The van der Waals surface area contributed by atoms with Crippen molar-refractivity contribution in [3.8, 4) is 0 Å². The highest BCUT2D eigenvalue weighted by atomic mass is 127. The summed E-state index contributed by atoms with van der Waals surface area (Å²) in [6, 6.07) is 0. The SMILES string of the molecule is CCS(=O)(=O)N(C)CCCNC(=NC)NCC1(C)CCCO1.I. The number of aliphatic imine (C=N–C) groups is 1. The molecule has 1 rings (SSSR count). The first-order chi connectivity index (χ1) is 10.3. The number of hydrogen-bond acceptors (Lipinski definition) is 4. The molecule has 0 saturated carbocycles. The number of sulfonamides is 1. The second kappa shape index (κ2) is 10.7. The van der Waals surface area contributed by atoms with Crippen molar-refractivity contribution in [3.63, 3.8) is 0 Å². The maximum atomic E-state index is 11.6. The zero-order chi connectivity index (χ0) is 16.6. The summed E-state index contributed by atoms with van der Waals surface area (Å²) >= 11 is 0. The Morgan fingerprint density at radius 3 is 2.61 bits per heavy atom. The van der Waals surface area contributed by atoms with E-state index in [1.807, 2.05) is 0 Å². The predicted octanol–water partition coefficient (Wildman–Crippen LogP) is 1.01. The summed E-state index contributed by atoms with van der Waals surface area (Å²) in [7, 11) is 0.248. The molecule has 138 valence electrons. The quantitative estimate of drug-likeness (QED) is 0.244. The van der Waals surface area contributed by atoms with Crippen molar-refractivity contribution < 1.29 is 13.2 Å². The fraction of sp³-hybridized carbons (Fsp3) is 0.929. The number of halogens is 1. The second-order valence-electron chi connectivity index (χ2n) is 5.83. The van der Waals surface area contributed by atoms with Gasteiger partial charge >= 0.3 is 0 Å². The first-order valence-corrected chi connectivity index (χ1v) is 9.46. The molecule has 0 aromatic rings. The van der Waals surface area contributed by atoms with Crippen molar-refractivity contribution in [2.45, 2.75) is 38.7 Å². The van der Waals surface area contributed by atoms with Crippen LogP contribution in [0.4, 0.5) is 0 Å². The van der Waals surface area contributed by atoms with Gasteiger partial charge in [-0.25, -0.2) is 12.7 Å². The Morgan fingerprint density at radius 2 is 2.09 bits per heavy atom. The monoisotopic (exact) mass is 462 g/mol. The number of guanidine groups is 1. The van der Waals surface area contributed by atoms with E-state index in [1.54, 1.807) is 21.0 Å². The highest BCUT2D eigenvalue weighted by molar-refractivity contribution is 14.0. The van der Waals surface area contributed by atoms with Gasteiger partial charge in [0.15, 0.2) is 5.96 Å². The van der Waals surface area contributed by atoms with E-state index >= 15 is 0 Å². The van der Waals surface area contributed by atoms with Gasteiger partial charge in [-0.05, 0) is 33.1 Å². The smallest absolute Gasteiger partial charge is 0.213 e. The lowest BCUT2D eigenvalue weighted by atomic mass is 10.0. The topological polar surface area (TPSA) is 83.0 Å². The molecule has 1 heterocycles. The van der Waals surface area contributed by atoms with E-state index in [0.717, 1.165) is 38.4 Å². The lowest BCUT2D eigenvalue weighted by Gasteiger charge is -2.24. The molecule has 0 aromatic carbocycles. The highest BCUT2D eigenvalue weighted by Crippen LogP contribution is 2.23. The molecule has 1 saturated heterocycles. The Labute approximate surface area is 157 Å². The number of ether oxygens (including phenoxy) is 1. The van der Waals surface area contributed by atoms with E-state index in [4.69, 9.17) is 4.74 Å². The molecular formula is C14H31IN4O3S. The van der Waals surface area contributed by atoms with Gasteiger partial charge in [0, 0.05) is 40.3 Å². The van der Waals surface area contributed by atoms with Crippen LogP contribution in [-0.4, -0.2) is 70.4 Å². The maximum Gasteiger partial charge on any atom is 0.213 e. The Hall–Kier alpha value is -0.130. The summed E-state index contributed by atoms with van der Waals surface area (Å²) in [4.78, 5) is 4.17. The summed E-state index contributed by atoms with van der Waals surface area (Å²) in [5, 5.41) is 6.46. The minimum absolute atomic E-state index is 0. The van der Waals surface area contributed by atoms with Gasteiger partial charge in [-0.2, -0.15) is 0 Å². The molecule has 1 aliphatic rings. The van der Waals surface area contributed by atoms with Crippen LogP contribution in [0.25, 0.3) is 0 Å². The van der Waals surface area contributed by atoms with Crippen LogP contribution in [0.15, 0.2) is 4.99 Å². The molecule has 2 N–H and O–H groups in total. The first-order valence-electron chi connectivity index (χ1n) is 7.85. The number of hydrogen-bond donors (Lipinski definition) is 2. The van der Waals surface area contributed by atoms with Crippen molar-refractivity contribution in [1.82, 2.24) is 14.9 Å². The third-order valence-corrected chi connectivity index (χ3v) is 5.80. The van der Waals surface area contributed by atoms with Crippen LogP contribution in [0, 0.1) is 0 Å². The molecule has 1 unspecified atom stereocenters. The third-order valence-electron chi connectivity index (χ3n) is 3.94. The van der Waals surface area contributed by atoms with E-state index in [0.29, 0.717) is 13.1 Å². The van der Waals surface area contributed by atoms with Gasteiger partial charge in [0.2, 0.25) is 10.0 Å². The van der Waals surface area contributed by atoms with Crippen molar-refractivity contribution in [2.24, 2.45) is 4.99 Å². The van der Waals surface area contributed by atoms with Gasteiger partial charge < -0.3 is 15.4 Å². The average molecular weight is 462 g/mol. The molecule has 0 radical (unpaired) electrons. The fourth-order valence-electron chi connectivity index (χ4n) is 2.34. The predicted molar refractivity (Wildman–Crippen MR) is 105 cm³/mol. The molecule has 0 bridgehead atoms. The normalized spacial score (nSPS) is 22.0. The van der Waals surface area contributed by atoms with E-state index < -0.39 is 10.0 Å². The molecule has 1 aliphatic heterocycles. The molecule has 1 atom stereocenters. The molecule has 7 nitrogen and oxygen atoms in total. The summed E-state index contributed by atoms with van der Waals surface area (Å²) in [5.41, 5.74) is -0.118. The highest BCUT2D eigenvalue weighted by Gasteiger charge is 2.29. The van der Waals surface area contributed by atoms with E-state index in [-0.39, 0.29) is 35.3 Å². The van der Waals surface area contributed by atoms with Crippen LogP contribution < -0.4 is 10.6 Å². The molecule has 9 heteroatoms. The maximum absolute atomic E-state index is 11.6. The van der Waals surface area contributed by atoms with Gasteiger partial charge in [-0.1, -0.05) is 0 Å².